The molecular weight excluding hydrogens is 510 g/mol. The number of anilines is 1. The van der Waals surface area contributed by atoms with E-state index in [1.807, 2.05) is 48.5 Å². The second-order valence-electron chi connectivity index (χ2n) is 9.44. The number of benzene rings is 2. The number of fused-ring (bicyclic) bond motifs is 1. The third-order valence-corrected chi connectivity index (χ3v) is 6.67. The smallest absolute Gasteiger partial charge is 0.269 e. The number of rotatable bonds is 9. The molecule has 2 N–H and O–H groups in total. The van der Waals surface area contributed by atoms with Gasteiger partial charge in [-0.2, -0.15) is 4.80 Å². The second-order valence-corrected chi connectivity index (χ2v) is 9.44. The van der Waals surface area contributed by atoms with Crippen LogP contribution in [0.2, 0.25) is 0 Å². The van der Waals surface area contributed by atoms with Crippen molar-refractivity contribution in [2.24, 2.45) is 7.05 Å². The highest BCUT2D eigenvalue weighted by molar-refractivity contribution is 5.97. The van der Waals surface area contributed by atoms with Crippen molar-refractivity contribution in [2.75, 3.05) is 24.5 Å². The van der Waals surface area contributed by atoms with E-state index in [0.29, 0.717) is 54.4 Å². The van der Waals surface area contributed by atoms with Crippen LogP contribution in [0.15, 0.2) is 71.3 Å². The van der Waals surface area contributed by atoms with Gasteiger partial charge in [0.1, 0.15) is 11.2 Å². The van der Waals surface area contributed by atoms with E-state index in [9.17, 15) is 9.59 Å². The maximum Gasteiger partial charge on any atom is 0.269 e. The molecule has 0 aliphatic carbocycles. The molecule has 1 saturated heterocycles. The number of carbonyl (C=O) groups excluding carboxylic acids is 2. The Morgan fingerprint density at radius 1 is 1.10 bits per heavy atom. The van der Waals surface area contributed by atoms with Crippen molar-refractivity contribution < 1.29 is 14.0 Å². The summed E-state index contributed by atoms with van der Waals surface area (Å²) in [6.07, 6.45) is 2.97. The molecule has 1 fully saturated rings. The summed E-state index contributed by atoms with van der Waals surface area (Å²) >= 11 is 0. The number of aryl methyl sites for hydroxylation is 1. The van der Waals surface area contributed by atoms with Gasteiger partial charge in [-0.25, -0.2) is 4.98 Å². The largest absolute Gasteiger partial charge is 0.436 e. The van der Waals surface area contributed by atoms with Crippen LogP contribution in [-0.4, -0.2) is 61.6 Å². The molecule has 0 radical (unpaired) electrons. The molecule has 1 aliphatic rings. The first-order chi connectivity index (χ1) is 19.5. The number of nitrogens with one attached hydrogen (secondary N) is 2. The summed E-state index contributed by atoms with van der Waals surface area (Å²) < 4.78 is 5.94. The molecule has 2 amide bonds. The van der Waals surface area contributed by atoms with Gasteiger partial charge in [-0.1, -0.05) is 30.3 Å². The Labute approximate surface area is 229 Å². The van der Waals surface area contributed by atoms with Gasteiger partial charge < -0.3 is 20.0 Å². The summed E-state index contributed by atoms with van der Waals surface area (Å²) in [6.45, 7) is 1.53. The summed E-state index contributed by atoms with van der Waals surface area (Å²) in [5.41, 5.74) is 3.93. The van der Waals surface area contributed by atoms with Gasteiger partial charge >= 0.3 is 0 Å². The zero-order chi connectivity index (χ0) is 27.5. The third-order valence-electron chi connectivity index (χ3n) is 6.67. The van der Waals surface area contributed by atoms with Crippen LogP contribution in [0.4, 0.5) is 5.69 Å². The minimum Gasteiger partial charge on any atom is -0.436 e. The monoisotopic (exact) mass is 537 g/mol. The lowest BCUT2D eigenvalue weighted by atomic mass is 10.1. The van der Waals surface area contributed by atoms with Crippen molar-refractivity contribution in [3.63, 3.8) is 0 Å². The number of nitrogens with zero attached hydrogens (tertiary/aromatic N) is 7. The highest BCUT2D eigenvalue weighted by Crippen LogP contribution is 2.29. The van der Waals surface area contributed by atoms with Gasteiger partial charge in [0.25, 0.3) is 5.91 Å². The van der Waals surface area contributed by atoms with Crippen LogP contribution in [0.5, 0.6) is 0 Å². The van der Waals surface area contributed by atoms with E-state index in [0.717, 1.165) is 17.7 Å². The molecule has 1 aliphatic heterocycles. The van der Waals surface area contributed by atoms with Gasteiger partial charge in [0.15, 0.2) is 11.4 Å². The first kappa shape index (κ1) is 25.3. The lowest BCUT2D eigenvalue weighted by Gasteiger charge is -2.16. The van der Waals surface area contributed by atoms with Crippen molar-refractivity contribution >= 4 is 28.6 Å². The number of tetrazole rings is 1. The summed E-state index contributed by atoms with van der Waals surface area (Å²) in [6, 6.07) is 18.5. The topological polar surface area (TPSA) is 144 Å². The van der Waals surface area contributed by atoms with Crippen LogP contribution >= 0.6 is 0 Å². The Morgan fingerprint density at radius 3 is 2.75 bits per heavy atom. The van der Waals surface area contributed by atoms with E-state index in [1.165, 1.54) is 4.80 Å². The predicted octanol–water partition coefficient (Wildman–Crippen LogP) is 2.65. The van der Waals surface area contributed by atoms with Crippen LogP contribution in [0.3, 0.4) is 0 Å². The first-order valence-electron chi connectivity index (χ1n) is 13.0. The van der Waals surface area contributed by atoms with E-state index in [-0.39, 0.29) is 23.6 Å². The average molecular weight is 538 g/mol. The molecule has 0 bridgehead atoms. The van der Waals surface area contributed by atoms with Gasteiger partial charge in [0, 0.05) is 43.5 Å². The summed E-state index contributed by atoms with van der Waals surface area (Å²) in [5, 5.41) is 18.7. The summed E-state index contributed by atoms with van der Waals surface area (Å²) in [7, 11) is 1.72. The molecule has 0 saturated carbocycles. The molecular formula is C28H27N9O3. The Kier molecular flexibility index (Phi) is 6.98. The molecule has 2 aromatic carbocycles. The maximum atomic E-state index is 12.9. The molecule has 0 spiro atoms. The number of amides is 2. The molecule has 12 nitrogen and oxygen atoms in total. The van der Waals surface area contributed by atoms with Crippen LogP contribution in [-0.2, 0) is 11.8 Å². The van der Waals surface area contributed by atoms with E-state index in [1.54, 1.807) is 30.3 Å². The standard InChI is InChI=1S/C28H27N9O3/c1-36-34-26(33-35-36)25(18-6-3-2-4-7-18)30-13-14-31-27(39)22-16-19(11-12-29-22)28-32-21-17-20(9-10-23(21)40-28)37-15-5-8-24(37)38/h2-4,6-7,9-12,16-17,25,30H,5,8,13-15H2,1H3,(H,31,39). The molecule has 202 valence electrons. The minimum atomic E-state index is -0.316. The van der Waals surface area contributed by atoms with Gasteiger partial charge in [0.2, 0.25) is 11.8 Å². The van der Waals surface area contributed by atoms with Crippen molar-refractivity contribution in [3.05, 3.63) is 83.9 Å². The van der Waals surface area contributed by atoms with Gasteiger partial charge in [-0.05, 0) is 47.5 Å². The number of hydrogen-bond acceptors (Lipinski definition) is 9. The second kappa shape index (κ2) is 11.0. The van der Waals surface area contributed by atoms with Crippen molar-refractivity contribution in [1.29, 1.82) is 0 Å². The average Bonchev–Trinajstić information content (AvgIpc) is 3.72. The zero-order valence-corrected chi connectivity index (χ0v) is 21.8. The van der Waals surface area contributed by atoms with E-state index >= 15 is 0 Å². The van der Waals surface area contributed by atoms with Gasteiger partial charge in [0.05, 0.1) is 13.1 Å². The highest BCUT2D eigenvalue weighted by atomic mass is 16.3. The Bertz CT molecular complexity index is 1660. The van der Waals surface area contributed by atoms with E-state index < -0.39 is 0 Å². The minimum absolute atomic E-state index is 0.115. The fourth-order valence-corrected chi connectivity index (χ4v) is 4.72. The van der Waals surface area contributed by atoms with Crippen molar-refractivity contribution in [3.8, 4) is 11.5 Å². The SMILES string of the molecule is Cn1nnc(C(NCCNC(=O)c2cc(-c3nc4cc(N5CCCC5=O)ccc4o3)ccn2)c2ccccc2)n1. The Morgan fingerprint density at radius 2 is 1.98 bits per heavy atom. The molecule has 40 heavy (non-hydrogen) atoms. The first-order valence-corrected chi connectivity index (χ1v) is 13.0. The number of oxazole rings is 1. The fourth-order valence-electron chi connectivity index (χ4n) is 4.72. The summed E-state index contributed by atoms with van der Waals surface area (Å²) in [4.78, 5) is 37.0. The molecule has 12 heteroatoms. The normalized spacial score (nSPS) is 14.1. The van der Waals surface area contributed by atoms with Crippen molar-refractivity contribution in [2.45, 2.75) is 18.9 Å². The van der Waals surface area contributed by atoms with Gasteiger partial charge in [-0.15, -0.1) is 10.2 Å². The number of aromatic nitrogens is 6. The number of hydrogen-bond donors (Lipinski definition) is 2. The van der Waals surface area contributed by atoms with Crippen LogP contribution in [0.25, 0.3) is 22.6 Å². The molecule has 1 unspecified atom stereocenters. The van der Waals surface area contributed by atoms with E-state index in [2.05, 4.69) is 36.0 Å². The quantitative estimate of drug-likeness (QED) is 0.271. The fraction of sp³-hybridized carbons (Fsp3) is 0.250. The maximum absolute atomic E-state index is 12.9. The Balaban J connectivity index is 1.11. The molecule has 5 aromatic rings. The van der Waals surface area contributed by atoms with Crippen molar-refractivity contribution in [1.82, 2.24) is 40.8 Å². The third kappa shape index (κ3) is 5.29. The van der Waals surface area contributed by atoms with Crippen LogP contribution in [0, 0.1) is 0 Å². The van der Waals surface area contributed by atoms with Crippen LogP contribution < -0.4 is 15.5 Å². The highest BCUT2D eigenvalue weighted by Gasteiger charge is 2.23. The lowest BCUT2D eigenvalue weighted by molar-refractivity contribution is -0.117. The number of carbonyl (C=O) groups is 2. The Hall–Kier alpha value is -4.97. The zero-order valence-electron chi connectivity index (χ0n) is 21.8. The number of pyridine rings is 1. The lowest BCUT2D eigenvalue weighted by Crippen LogP contribution is -2.34. The predicted molar refractivity (Wildman–Crippen MR) is 146 cm³/mol. The molecule has 1 atom stereocenters. The molecule has 6 rings (SSSR count). The summed E-state index contributed by atoms with van der Waals surface area (Å²) in [5.74, 6) is 0.722. The van der Waals surface area contributed by atoms with Gasteiger partial charge in [-0.3, -0.25) is 14.6 Å². The van der Waals surface area contributed by atoms with E-state index in [4.69, 9.17) is 4.42 Å². The molecule has 3 aromatic heterocycles. The van der Waals surface area contributed by atoms with Crippen LogP contribution in [0.1, 0.15) is 40.8 Å². The molecule has 4 heterocycles.